The Bertz CT molecular complexity index is 3590. The number of hydrogen-bond acceptors (Lipinski definition) is 7. The van der Waals surface area contributed by atoms with Gasteiger partial charge in [0.25, 0.3) is 0 Å². The van der Waals surface area contributed by atoms with Crippen molar-refractivity contribution in [1.82, 2.24) is 29.1 Å². The summed E-state index contributed by atoms with van der Waals surface area (Å²) in [5.74, 6) is 4.92. The monoisotopic (exact) mass is 834 g/mol. The zero-order valence-electron chi connectivity index (χ0n) is 35.8. The molecule has 5 heterocycles. The molecule has 0 radical (unpaired) electrons. The Kier molecular flexibility index (Phi) is 9.57. The molecule has 11 aromatic rings. The highest BCUT2D eigenvalue weighted by atomic mass is 16.5. The van der Waals surface area contributed by atoms with E-state index in [1.807, 2.05) is 99.0 Å². The van der Waals surface area contributed by atoms with Crippen LogP contribution in [0.2, 0.25) is 0 Å². The van der Waals surface area contributed by atoms with Crippen LogP contribution in [0.1, 0.15) is 23.7 Å². The first kappa shape index (κ1) is 38.6. The molecule has 6 aromatic carbocycles. The molecule has 0 atom stereocenters. The molecule has 0 aliphatic carbocycles. The third-order valence-corrected chi connectivity index (χ3v) is 11.6. The lowest BCUT2D eigenvalue weighted by Crippen LogP contribution is -2.03. The summed E-state index contributed by atoms with van der Waals surface area (Å²) in [6.45, 7) is 8.51. The first-order valence-electron chi connectivity index (χ1n) is 21.4. The lowest BCUT2D eigenvalue weighted by atomic mass is 10.1. The number of ether oxygens (including phenoxy) is 3. The molecule has 64 heavy (non-hydrogen) atoms. The van der Waals surface area contributed by atoms with Crippen LogP contribution in [0.15, 0.2) is 170 Å². The molecule has 0 unspecified atom stereocenters. The van der Waals surface area contributed by atoms with E-state index < -0.39 is 0 Å². The van der Waals surface area contributed by atoms with Crippen LogP contribution in [0, 0.1) is 20.8 Å². The number of para-hydroxylation sites is 2. The number of nitrogens with zero attached hydrogens (tertiary/aromatic N) is 6. The number of hydrogen-bond donors (Lipinski definition) is 0. The van der Waals surface area contributed by atoms with Crippen LogP contribution in [0.5, 0.6) is 28.9 Å². The molecular formula is C55H42N6O3. The average molecular weight is 835 g/mol. The summed E-state index contributed by atoms with van der Waals surface area (Å²) < 4.78 is 23.7. The minimum absolute atomic E-state index is 0.421. The summed E-state index contributed by atoms with van der Waals surface area (Å²) in [5.41, 5.74) is 10.3. The van der Waals surface area contributed by atoms with Gasteiger partial charge in [-0.15, -0.1) is 0 Å². The molecule has 0 saturated carbocycles. The van der Waals surface area contributed by atoms with E-state index in [-0.39, 0.29) is 0 Å². The molecular weight excluding hydrogens is 793 g/mol. The molecule has 0 amide bonds. The fraction of sp³-hybridized carbons (Fsp3) is 0.0909. The summed E-state index contributed by atoms with van der Waals surface area (Å²) in [7, 11) is 0. The Hall–Kier alpha value is -8.30. The van der Waals surface area contributed by atoms with E-state index in [4.69, 9.17) is 34.1 Å². The fourth-order valence-corrected chi connectivity index (χ4v) is 8.69. The van der Waals surface area contributed by atoms with Crippen LogP contribution in [-0.2, 0) is 0 Å². The molecule has 0 saturated heterocycles. The van der Waals surface area contributed by atoms with Gasteiger partial charge in [0.2, 0.25) is 5.88 Å². The number of aryl methyl sites for hydroxylation is 3. The number of rotatable bonds is 10. The minimum atomic E-state index is 0.421. The number of benzene rings is 6. The van der Waals surface area contributed by atoms with Gasteiger partial charge in [-0.3, -0.25) is 9.13 Å². The Morgan fingerprint density at radius 2 is 0.922 bits per heavy atom. The highest BCUT2D eigenvalue weighted by Crippen LogP contribution is 2.39. The van der Waals surface area contributed by atoms with E-state index in [1.54, 1.807) is 0 Å². The zero-order chi connectivity index (χ0) is 43.3. The van der Waals surface area contributed by atoms with E-state index in [2.05, 4.69) is 108 Å². The molecule has 0 aliphatic heterocycles. The molecule has 9 heteroatoms. The SMILES string of the molecule is CCOc1nc(-c2cccc(Oc3ccc4c5ccccc5n(-c5cc(C)ccn5)c4c3)c2)c(C)nc1-c1cccc(Oc2ccc3c4ccccc4n(-c4cc(C)ccn4)c3c2)c1. The standard InChI is InChI=1S/C55H42N6O3/c1-5-62-55-54(38-13-11-15-40(31-38)64-42-21-23-46-44-17-7-9-19-48(44)61(50(46)33-42)52-29-35(3)25-27-57-52)58-36(4)53(59-55)37-12-10-14-39(30-37)63-41-20-22-45-43-16-6-8-18-47(43)60(49(45)32-41)51-28-34(2)24-26-56-51/h6-33H,5H2,1-4H3. The first-order valence-corrected chi connectivity index (χ1v) is 21.4. The quantitative estimate of drug-likeness (QED) is 0.136. The van der Waals surface area contributed by atoms with Crippen LogP contribution < -0.4 is 14.2 Å². The molecule has 9 nitrogen and oxygen atoms in total. The Morgan fingerprint density at radius 3 is 1.44 bits per heavy atom. The second-order valence-corrected chi connectivity index (χ2v) is 15.9. The van der Waals surface area contributed by atoms with Crippen LogP contribution in [0.3, 0.4) is 0 Å². The minimum Gasteiger partial charge on any atom is -0.476 e. The molecule has 0 spiro atoms. The number of pyridine rings is 2. The summed E-state index contributed by atoms with van der Waals surface area (Å²) in [6, 6.07) is 53.3. The van der Waals surface area contributed by atoms with Crippen molar-refractivity contribution in [2.45, 2.75) is 27.7 Å². The van der Waals surface area contributed by atoms with E-state index >= 15 is 0 Å². The largest absolute Gasteiger partial charge is 0.476 e. The normalized spacial score (nSPS) is 11.5. The Morgan fingerprint density at radius 1 is 0.438 bits per heavy atom. The summed E-state index contributed by atoms with van der Waals surface area (Å²) in [4.78, 5) is 19.7. The van der Waals surface area contributed by atoms with Gasteiger partial charge in [-0.2, -0.15) is 0 Å². The summed E-state index contributed by atoms with van der Waals surface area (Å²) >= 11 is 0. The van der Waals surface area contributed by atoms with Gasteiger partial charge in [0.05, 0.1) is 40.1 Å². The molecule has 5 aromatic heterocycles. The molecule has 11 rings (SSSR count). The maximum Gasteiger partial charge on any atom is 0.241 e. The maximum absolute atomic E-state index is 6.58. The van der Waals surface area contributed by atoms with Crippen molar-refractivity contribution in [3.05, 3.63) is 187 Å². The van der Waals surface area contributed by atoms with Crippen molar-refractivity contribution in [3.8, 4) is 63.0 Å². The van der Waals surface area contributed by atoms with Gasteiger partial charge in [0.1, 0.15) is 40.3 Å². The average Bonchev–Trinajstić information content (AvgIpc) is 3.82. The van der Waals surface area contributed by atoms with Crippen molar-refractivity contribution in [2.24, 2.45) is 0 Å². The molecule has 310 valence electrons. The van der Waals surface area contributed by atoms with Crippen molar-refractivity contribution >= 4 is 43.6 Å². The second-order valence-electron chi connectivity index (χ2n) is 15.9. The van der Waals surface area contributed by atoms with Gasteiger partial charge in [0, 0.05) is 57.2 Å². The lowest BCUT2D eigenvalue weighted by molar-refractivity contribution is 0.327. The van der Waals surface area contributed by atoms with Crippen molar-refractivity contribution in [2.75, 3.05) is 6.61 Å². The topological polar surface area (TPSA) is 89.1 Å². The highest BCUT2D eigenvalue weighted by molar-refractivity contribution is 6.10. The molecule has 0 aliphatic rings. The van der Waals surface area contributed by atoms with Gasteiger partial charge in [-0.25, -0.2) is 19.9 Å². The molecule has 0 fully saturated rings. The maximum atomic E-state index is 6.58. The zero-order valence-corrected chi connectivity index (χ0v) is 35.8. The van der Waals surface area contributed by atoms with Gasteiger partial charge in [-0.1, -0.05) is 60.7 Å². The van der Waals surface area contributed by atoms with Crippen molar-refractivity contribution in [3.63, 3.8) is 0 Å². The third-order valence-electron chi connectivity index (χ3n) is 11.6. The van der Waals surface area contributed by atoms with E-state index in [0.717, 1.165) is 83.2 Å². The molecule has 0 N–H and O–H groups in total. The predicted molar refractivity (Wildman–Crippen MR) is 256 cm³/mol. The Balaban J connectivity index is 0.903. The van der Waals surface area contributed by atoms with Gasteiger partial charge < -0.3 is 14.2 Å². The smallest absolute Gasteiger partial charge is 0.241 e. The van der Waals surface area contributed by atoms with Gasteiger partial charge >= 0.3 is 0 Å². The van der Waals surface area contributed by atoms with Crippen LogP contribution >= 0.6 is 0 Å². The summed E-state index contributed by atoms with van der Waals surface area (Å²) in [6.07, 6.45) is 3.70. The second kappa shape index (κ2) is 15.9. The van der Waals surface area contributed by atoms with Gasteiger partial charge in [-0.05, 0) is 124 Å². The van der Waals surface area contributed by atoms with Crippen LogP contribution in [0.4, 0.5) is 0 Å². The van der Waals surface area contributed by atoms with Crippen LogP contribution in [-0.4, -0.2) is 35.7 Å². The fourth-order valence-electron chi connectivity index (χ4n) is 8.69. The number of aromatic nitrogens is 6. The summed E-state index contributed by atoms with van der Waals surface area (Å²) in [5, 5.41) is 4.57. The van der Waals surface area contributed by atoms with Gasteiger partial charge in [0.15, 0.2) is 0 Å². The van der Waals surface area contributed by atoms with E-state index in [9.17, 15) is 0 Å². The van der Waals surface area contributed by atoms with E-state index in [1.165, 1.54) is 0 Å². The van der Waals surface area contributed by atoms with Crippen molar-refractivity contribution < 1.29 is 14.2 Å². The Labute approximate surface area is 369 Å². The highest BCUT2D eigenvalue weighted by Gasteiger charge is 2.19. The lowest BCUT2D eigenvalue weighted by Gasteiger charge is -2.15. The third kappa shape index (κ3) is 6.93. The molecule has 0 bridgehead atoms. The van der Waals surface area contributed by atoms with Crippen LogP contribution in [0.25, 0.3) is 77.8 Å². The number of fused-ring (bicyclic) bond motifs is 6. The predicted octanol–water partition coefficient (Wildman–Crippen LogP) is 13.7. The van der Waals surface area contributed by atoms with E-state index in [0.29, 0.717) is 46.9 Å². The van der Waals surface area contributed by atoms with Crippen molar-refractivity contribution in [1.29, 1.82) is 0 Å². The first-order chi connectivity index (χ1) is 31.4.